The molecule has 0 saturated carbocycles. The van der Waals surface area contributed by atoms with Crippen molar-refractivity contribution in [2.24, 2.45) is 0 Å². The summed E-state index contributed by atoms with van der Waals surface area (Å²) in [5.74, 6) is 0. The Balaban J connectivity index is 2.83. The number of nitrogens with zero attached hydrogens (tertiary/aromatic N) is 2. The van der Waals surface area contributed by atoms with E-state index in [9.17, 15) is 4.79 Å². The number of carbonyl (C=O) groups is 1. The molecular formula is C10H12ClIN2O2. The van der Waals surface area contributed by atoms with Crippen molar-refractivity contribution in [3.63, 3.8) is 0 Å². The predicted molar refractivity (Wildman–Crippen MR) is 71.5 cm³/mol. The van der Waals surface area contributed by atoms with Crippen LogP contribution in [0.4, 0.5) is 10.5 Å². The largest absolute Gasteiger partial charge is 0.443 e. The van der Waals surface area contributed by atoms with Crippen LogP contribution in [0.5, 0.6) is 0 Å². The minimum absolute atomic E-state index is 0.513. The number of aromatic nitrogens is 1. The number of carbonyl (C=O) groups excluding carboxylic acids is 1. The summed E-state index contributed by atoms with van der Waals surface area (Å²) < 4.78 is 6.89. The summed E-state index contributed by atoms with van der Waals surface area (Å²) in [6.45, 7) is 5.34. The Kier molecular flexibility index (Phi) is 4.37. The Morgan fingerprint density at radius 3 is 2.69 bits per heavy atom. The number of halogens is 2. The van der Waals surface area contributed by atoms with Gasteiger partial charge in [-0.2, -0.15) is 4.42 Å². The molecule has 0 aliphatic carbocycles. The minimum Gasteiger partial charge on any atom is -0.443 e. The van der Waals surface area contributed by atoms with Crippen molar-refractivity contribution in [2.45, 2.75) is 26.4 Å². The number of hydrogen-bond donors (Lipinski definition) is 0. The minimum atomic E-state index is -0.611. The van der Waals surface area contributed by atoms with E-state index >= 15 is 0 Å². The molecule has 0 spiro atoms. The van der Waals surface area contributed by atoms with E-state index in [1.54, 1.807) is 33.0 Å². The highest BCUT2D eigenvalue weighted by molar-refractivity contribution is 14.1. The summed E-state index contributed by atoms with van der Waals surface area (Å²) in [6, 6.07) is 1.76. The Morgan fingerprint density at radius 2 is 2.19 bits per heavy atom. The van der Waals surface area contributed by atoms with Gasteiger partial charge in [-0.3, -0.25) is 4.98 Å². The van der Waals surface area contributed by atoms with Crippen molar-refractivity contribution in [1.82, 2.24) is 4.98 Å². The lowest BCUT2D eigenvalue weighted by molar-refractivity contribution is 0.0609. The van der Waals surface area contributed by atoms with Crippen LogP contribution in [0.15, 0.2) is 18.5 Å². The maximum absolute atomic E-state index is 11.7. The molecule has 1 rings (SSSR count). The molecule has 1 aromatic heterocycles. The molecule has 0 atom stereocenters. The molecule has 0 unspecified atom stereocenters. The van der Waals surface area contributed by atoms with Gasteiger partial charge in [-0.15, -0.1) is 0 Å². The van der Waals surface area contributed by atoms with Crippen molar-refractivity contribution in [3.8, 4) is 0 Å². The van der Waals surface area contributed by atoms with E-state index in [1.807, 2.05) is 0 Å². The first-order valence-corrected chi connectivity index (χ1v) is 6.01. The predicted octanol–water partition coefficient (Wildman–Crippen LogP) is 3.58. The van der Waals surface area contributed by atoms with Crippen molar-refractivity contribution in [2.75, 3.05) is 4.42 Å². The van der Waals surface area contributed by atoms with Gasteiger partial charge in [-0.05, 0) is 49.4 Å². The van der Waals surface area contributed by atoms with E-state index in [4.69, 9.17) is 16.5 Å². The molecule has 1 aromatic rings. The van der Waals surface area contributed by atoms with Crippen LogP contribution in [0.3, 0.4) is 0 Å². The average molecular weight is 355 g/mol. The van der Waals surface area contributed by atoms with Gasteiger partial charge in [-0.25, -0.2) is 4.79 Å². The molecule has 0 bridgehead atoms. The molecule has 4 nitrogen and oxygen atoms in total. The standard InChI is InChI=1S/C10H12ClIN2O2/c1-10(2,3)16-9(15)14(11)8-6-13-5-4-7(8)12/h4-6H,1-3H3. The Hall–Kier alpha value is -0.560. The maximum Gasteiger partial charge on any atom is 0.429 e. The first kappa shape index (κ1) is 13.5. The fourth-order valence-corrected chi connectivity index (χ4v) is 1.77. The Labute approximate surface area is 113 Å². The third-order valence-electron chi connectivity index (χ3n) is 1.51. The van der Waals surface area contributed by atoms with Crippen molar-refractivity contribution in [3.05, 3.63) is 22.0 Å². The summed E-state index contributed by atoms with van der Waals surface area (Å²) >= 11 is 7.95. The maximum atomic E-state index is 11.7. The van der Waals surface area contributed by atoms with Gasteiger partial charge >= 0.3 is 6.09 Å². The van der Waals surface area contributed by atoms with Gasteiger partial charge in [0.2, 0.25) is 0 Å². The van der Waals surface area contributed by atoms with E-state index in [0.717, 1.165) is 7.99 Å². The van der Waals surface area contributed by atoms with Crippen molar-refractivity contribution < 1.29 is 9.53 Å². The van der Waals surface area contributed by atoms with Crippen molar-refractivity contribution >= 4 is 46.1 Å². The van der Waals surface area contributed by atoms with Gasteiger partial charge in [-0.1, -0.05) is 0 Å². The highest BCUT2D eigenvalue weighted by Crippen LogP contribution is 2.24. The van der Waals surface area contributed by atoms with Gasteiger partial charge < -0.3 is 4.74 Å². The molecule has 16 heavy (non-hydrogen) atoms. The summed E-state index contributed by atoms with van der Waals surface area (Å²) in [6.07, 6.45) is 2.53. The van der Waals surface area contributed by atoms with Gasteiger partial charge in [0.15, 0.2) is 0 Å². The van der Waals surface area contributed by atoms with E-state index in [2.05, 4.69) is 27.6 Å². The number of rotatable bonds is 1. The highest BCUT2D eigenvalue weighted by Gasteiger charge is 2.23. The smallest absolute Gasteiger partial charge is 0.429 e. The number of anilines is 1. The van der Waals surface area contributed by atoms with Crippen LogP contribution in [-0.4, -0.2) is 16.7 Å². The third-order valence-corrected chi connectivity index (χ3v) is 2.75. The molecule has 0 N–H and O–H groups in total. The molecule has 0 aliphatic heterocycles. The zero-order valence-electron chi connectivity index (χ0n) is 9.20. The molecule has 88 valence electrons. The third kappa shape index (κ3) is 3.79. The first-order valence-electron chi connectivity index (χ1n) is 4.59. The summed E-state index contributed by atoms with van der Waals surface area (Å²) in [5, 5.41) is 0. The van der Waals surface area contributed by atoms with E-state index in [0.29, 0.717) is 5.69 Å². The average Bonchev–Trinajstić information content (AvgIpc) is 2.15. The van der Waals surface area contributed by atoms with E-state index in [1.165, 1.54) is 6.20 Å². The van der Waals surface area contributed by atoms with Gasteiger partial charge in [0.05, 0.1) is 11.9 Å². The van der Waals surface area contributed by atoms with Crippen LogP contribution in [-0.2, 0) is 4.74 Å². The lowest BCUT2D eigenvalue weighted by atomic mass is 10.2. The fraction of sp³-hybridized carbons (Fsp3) is 0.400. The van der Waals surface area contributed by atoms with Crippen LogP contribution in [0.1, 0.15) is 20.8 Å². The molecule has 0 aromatic carbocycles. The number of pyridine rings is 1. The van der Waals surface area contributed by atoms with Crippen LogP contribution in [0.25, 0.3) is 0 Å². The molecule has 0 aliphatic rings. The number of amides is 1. The molecule has 0 fully saturated rings. The lowest BCUT2D eigenvalue weighted by Crippen LogP contribution is -2.31. The highest BCUT2D eigenvalue weighted by atomic mass is 127. The Morgan fingerprint density at radius 1 is 1.56 bits per heavy atom. The number of hydrogen-bond acceptors (Lipinski definition) is 3. The molecule has 0 radical (unpaired) electrons. The molecule has 6 heteroatoms. The zero-order chi connectivity index (χ0) is 12.3. The second kappa shape index (κ2) is 5.18. The fourth-order valence-electron chi connectivity index (χ4n) is 0.914. The molecule has 0 saturated heterocycles. The van der Waals surface area contributed by atoms with Gasteiger partial charge in [0.1, 0.15) is 5.60 Å². The zero-order valence-corrected chi connectivity index (χ0v) is 12.1. The van der Waals surface area contributed by atoms with E-state index in [-0.39, 0.29) is 0 Å². The van der Waals surface area contributed by atoms with E-state index < -0.39 is 11.7 Å². The monoisotopic (exact) mass is 354 g/mol. The van der Waals surface area contributed by atoms with Crippen LogP contribution < -0.4 is 4.42 Å². The van der Waals surface area contributed by atoms with Gasteiger partial charge in [0, 0.05) is 21.5 Å². The Bertz CT molecular complexity index is 393. The first-order chi connectivity index (χ1) is 7.31. The number of ether oxygens (including phenoxy) is 1. The van der Waals surface area contributed by atoms with Crippen LogP contribution in [0, 0.1) is 3.57 Å². The van der Waals surface area contributed by atoms with Gasteiger partial charge in [0.25, 0.3) is 0 Å². The van der Waals surface area contributed by atoms with Crippen molar-refractivity contribution in [1.29, 1.82) is 0 Å². The van der Waals surface area contributed by atoms with Crippen LogP contribution >= 0.6 is 34.4 Å². The summed E-state index contributed by atoms with van der Waals surface area (Å²) in [5.41, 5.74) is -0.0586. The lowest BCUT2D eigenvalue weighted by Gasteiger charge is -2.23. The molecule has 1 amide bonds. The molecular weight excluding hydrogens is 342 g/mol. The topological polar surface area (TPSA) is 42.4 Å². The SMILES string of the molecule is CC(C)(C)OC(=O)N(Cl)c1cnccc1I. The summed E-state index contributed by atoms with van der Waals surface area (Å²) in [7, 11) is 0. The normalized spacial score (nSPS) is 11.1. The molecule has 1 heterocycles. The quantitative estimate of drug-likeness (QED) is 0.572. The summed E-state index contributed by atoms with van der Waals surface area (Å²) in [4.78, 5) is 15.6. The van der Waals surface area contributed by atoms with Crippen LogP contribution in [0.2, 0.25) is 0 Å². The second-order valence-electron chi connectivity index (χ2n) is 4.09. The second-order valence-corrected chi connectivity index (χ2v) is 5.59.